The minimum atomic E-state index is -3.40. The number of aromatic amines is 1. The molecule has 0 radical (unpaired) electrons. The SMILES string of the molecule is CN(C1CCCNCC1)S(=O)(=O)c1cn[nH]c1. The van der Waals surface area contributed by atoms with E-state index in [2.05, 4.69) is 15.5 Å². The minimum absolute atomic E-state index is 0.0740. The van der Waals surface area contributed by atoms with Crippen molar-refractivity contribution in [1.82, 2.24) is 19.8 Å². The van der Waals surface area contributed by atoms with E-state index in [1.54, 1.807) is 7.05 Å². The van der Waals surface area contributed by atoms with E-state index < -0.39 is 10.0 Å². The van der Waals surface area contributed by atoms with Crippen LogP contribution in [0.25, 0.3) is 0 Å². The molecule has 17 heavy (non-hydrogen) atoms. The van der Waals surface area contributed by atoms with Crippen LogP contribution in [-0.4, -0.2) is 49.1 Å². The Labute approximate surface area is 101 Å². The van der Waals surface area contributed by atoms with Gasteiger partial charge in [0.2, 0.25) is 10.0 Å². The Balaban J connectivity index is 2.15. The van der Waals surface area contributed by atoms with E-state index in [1.807, 2.05) is 0 Å². The average molecular weight is 258 g/mol. The molecule has 0 aromatic carbocycles. The predicted octanol–water partition coefficient (Wildman–Crippen LogP) is 0.172. The summed E-state index contributed by atoms with van der Waals surface area (Å²) < 4.78 is 26.0. The molecule has 1 aliphatic rings. The number of nitrogens with zero attached hydrogens (tertiary/aromatic N) is 2. The number of H-pyrrole nitrogens is 1. The maximum Gasteiger partial charge on any atom is 0.246 e. The molecule has 2 heterocycles. The lowest BCUT2D eigenvalue weighted by atomic mass is 10.1. The molecule has 96 valence electrons. The van der Waals surface area contributed by atoms with Crippen molar-refractivity contribution >= 4 is 10.0 Å². The van der Waals surface area contributed by atoms with Crippen LogP contribution in [0.1, 0.15) is 19.3 Å². The quantitative estimate of drug-likeness (QED) is 0.810. The van der Waals surface area contributed by atoms with Crippen LogP contribution in [0, 0.1) is 0 Å². The zero-order valence-corrected chi connectivity index (χ0v) is 10.7. The molecular formula is C10H18N4O2S. The lowest BCUT2D eigenvalue weighted by Gasteiger charge is -2.25. The average Bonchev–Trinajstić information content (AvgIpc) is 2.72. The van der Waals surface area contributed by atoms with Crippen molar-refractivity contribution < 1.29 is 8.42 Å². The first-order chi connectivity index (χ1) is 8.12. The fourth-order valence-corrected chi connectivity index (χ4v) is 3.43. The molecule has 0 amide bonds. The Morgan fingerprint density at radius 1 is 1.41 bits per heavy atom. The van der Waals surface area contributed by atoms with Crippen molar-refractivity contribution in [2.24, 2.45) is 0 Å². The van der Waals surface area contributed by atoms with E-state index >= 15 is 0 Å². The van der Waals surface area contributed by atoms with Gasteiger partial charge in [0.05, 0.1) is 6.20 Å². The topological polar surface area (TPSA) is 78.1 Å². The van der Waals surface area contributed by atoms with Crippen LogP contribution in [0.2, 0.25) is 0 Å². The van der Waals surface area contributed by atoms with Crippen molar-refractivity contribution in [3.8, 4) is 0 Å². The van der Waals surface area contributed by atoms with E-state index in [-0.39, 0.29) is 10.9 Å². The fourth-order valence-electron chi connectivity index (χ4n) is 2.11. The van der Waals surface area contributed by atoms with Gasteiger partial charge < -0.3 is 5.32 Å². The van der Waals surface area contributed by atoms with Gasteiger partial charge in [-0.05, 0) is 32.4 Å². The normalized spacial score (nSPS) is 22.6. The number of hydrogen-bond acceptors (Lipinski definition) is 4. The molecule has 1 aromatic rings. The van der Waals surface area contributed by atoms with Gasteiger partial charge in [-0.25, -0.2) is 8.42 Å². The van der Waals surface area contributed by atoms with Crippen molar-refractivity contribution in [3.63, 3.8) is 0 Å². The summed E-state index contributed by atoms with van der Waals surface area (Å²) in [6, 6.07) is 0.0740. The Bertz CT molecular complexity index is 435. The minimum Gasteiger partial charge on any atom is -0.317 e. The Kier molecular flexibility index (Phi) is 3.80. The van der Waals surface area contributed by atoms with Gasteiger partial charge in [-0.15, -0.1) is 0 Å². The van der Waals surface area contributed by atoms with E-state index in [0.29, 0.717) is 0 Å². The summed E-state index contributed by atoms with van der Waals surface area (Å²) in [5.74, 6) is 0. The van der Waals surface area contributed by atoms with Crippen molar-refractivity contribution in [2.45, 2.75) is 30.2 Å². The van der Waals surface area contributed by atoms with Gasteiger partial charge in [0.25, 0.3) is 0 Å². The number of sulfonamides is 1. The predicted molar refractivity (Wildman–Crippen MR) is 64.0 cm³/mol. The second-order valence-corrected chi connectivity index (χ2v) is 6.29. The standard InChI is InChI=1S/C10H18N4O2S/c1-14(9-3-2-5-11-6-4-9)17(15,16)10-7-12-13-8-10/h7-9,11H,2-6H2,1H3,(H,12,13). The third kappa shape index (κ3) is 2.67. The smallest absolute Gasteiger partial charge is 0.246 e. The van der Waals surface area contributed by atoms with Crippen molar-refractivity contribution in [2.75, 3.05) is 20.1 Å². The molecule has 7 heteroatoms. The van der Waals surface area contributed by atoms with Gasteiger partial charge in [0.1, 0.15) is 4.90 Å². The number of rotatable bonds is 3. The molecule has 2 N–H and O–H groups in total. The van der Waals surface area contributed by atoms with Gasteiger partial charge in [-0.3, -0.25) is 5.10 Å². The summed E-state index contributed by atoms with van der Waals surface area (Å²) >= 11 is 0. The maximum atomic E-state index is 12.3. The molecule has 0 saturated carbocycles. The maximum absolute atomic E-state index is 12.3. The van der Waals surface area contributed by atoms with E-state index in [0.717, 1.165) is 32.4 Å². The van der Waals surface area contributed by atoms with Crippen LogP contribution < -0.4 is 5.32 Å². The molecule has 1 atom stereocenters. The highest BCUT2D eigenvalue weighted by Crippen LogP contribution is 2.20. The highest BCUT2D eigenvalue weighted by Gasteiger charge is 2.28. The molecular weight excluding hydrogens is 240 g/mol. The molecule has 0 spiro atoms. The Hall–Kier alpha value is -0.920. The summed E-state index contributed by atoms with van der Waals surface area (Å²) in [6.45, 7) is 1.84. The van der Waals surface area contributed by atoms with Gasteiger partial charge in [0.15, 0.2) is 0 Å². The van der Waals surface area contributed by atoms with Crippen LogP contribution in [-0.2, 0) is 10.0 Å². The second-order valence-electron chi connectivity index (χ2n) is 4.29. The van der Waals surface area contributed by atoms with Crippen molar-refractivity contribution in [1.29, 1.82) is 0 Å². The van der Waals surface area contributed by atoms with Crippen LogP contribution >= 0.6 is 0 Å². The Morgan fingerprint density at radius 2 is 2.24 bits per heavy atom. The van der Waals surface area contributed by atoms with E-state index in [4.69, 9.17) is 0 Å². The molecule has 2 rings (SSSR count). The molecule has 1 aromatic heterocycles. The fraction of sp³-hybridized carbons (Fsp3) is 0.700. The summed E-state index contributed by atoms with van der Waals surface area (Å²) in [5, 5.41) is 9.51. The summed E-state index contributed by atoms with van der Waals surface area (Å²) in [7, 11) is -1.75. The first kappa shape index (κ1) is 12.5. The van der Waals surface area contributed by atoms with E-state index in [9.17, 15) is 8.42 Å². The highest BCUT2D eigenvalue weighted by molar-refractivity contribution is 7.89. The molecule has 1 unspecified atom stereocenters. The molecule has 6 nitrogen and oxygen atoms in total. The zero-order valence-electron chi connectivity index (χ0n) is 9.89. The van der Waals surface area contributed by atoms with Gasteiger partial charge in [0, 0.05) is 19.3 Å². The summed E-state index contributed by atoms with van der Waals surface area (Å²) in [4.78, 5) is 0.234. The summed E-state index contributed by atoms with van der Waals surface area (Å²) in [6.07, 6.45) is 5.53. The number of aromatic nitrogens is 2. The van der Waals surface area contributed by atoms with Crippen LogP contribution in [0.3, 0.4) is 0 Å². The molecule has 1 aliphatic heterocycles. The Morgan fingerprint density at radius 3 is 2.94 bits per heavy atom. The van der Waals surface area contributed by atoms with Gasteiger partial charge in [-0.1, -0.05) is 0 Å². The first-order valence-corrected chi connectivity index (χ1v) is 7.24. The zero-order chi connectivity index (χ0) is 12.3. The number of hydrogen-bond donors (Lipinski definition) is 2. The lowest BCUT2D eigenvalue weighted by molar-refractivity contribution is 0.341. The first-order valence-electron chi connectivity index (χ1n) is 5.80. The van der Waals surface area contributed by atoms with Crippen LogP contribution in [0.5, 0.6) is 0 Å². The van der Waals surface area contributed by atoms with Crippen LogP contribution in [0.15, 0.2) is 17.3 Å². The van der Waals surface area contributed by atoms with Gasteiger partial charge >= 0.3 is 0 Å². The molecule has 1 saturated heterocycles. The lowest BCUT2D eigenvalue weighted by Crippen LogP contribution is -2.37. The molecule has 1 fully saturated rings. The van der Waals surface area contributed by atoms with E-state index in [1.165, 1.54) is 16.7 Å². The highest BCUT2D eigenvalue weighted by atomic mass is 32.2. The molecule has 0 bridgehead atoms. The van der Waals surface area contributed by atoms with Crippen LogP contribution in [0.4, 0.5) is 0 Å². The number of nitrogens with one attached hydrogen (secondary N) is 2. The summed E-state index contributed by atoms with van der Waals surface area (Å²) in [5.41, 5.74) is 0. The second kappa shape index (κ2) is 5.16. The molecule has 0 aliphatic carbocycles. The third-order valence-corrected chi connectivity index (χ3v) is 5.08. The third-order valence-electron chi connectivity index (χ3n) is 3.21. The monoisotopic (exact) mass is 258 g/mol. The van der Waals surface area contributed by atoms with Crippen molar-refractivity contribution in [3.05, 3.63) is 12.4 Å². The largest absolute Gasteiger partial charge is 0.317 e. The van der Waals surface area contributed by atoms with Gasteiger partial charge in [-0.2, -0.15) is 9.40 Å².